The molecule has 0 aliphatic carbocycles. The average molecular weight is 351 g/mol. The van der Waals surface area contributed by atoms with Gasteiger partial charge in [-0.2, -0.15) is 0 Å². The second kappa shape index (κ2) is 8.17. The van der Waals surface area contributed by atoms with E-state index in [1.54, 1.807) is 4.90 Å². The van der Waals surface area contributed by atoms with Gasteiger partial charge in [-0.15, -0.1) is 0 Å². The van der Waals surface area contributed by atoms with Crippen LogP contribution in [-0.4, -0.2) is 23.3 Å². The van der Waals surface area contributed by atoms with Gasteiger partial charge >= 0.3 is 6.09 Å². The lowest BCUT2D eigenvalue weighted by atomic mass is 9.87. The van der Waals surface area contributed by atoms with E-state index >= 15 is 0 Å². The number of rotatable bonds is 4. The van der Waals surface area contributed by atoms with Crippen molar-refractivity contribution >= 4 is 11.9 Å². The Morgan fingerprint density at radius 3 is 2.54 bits per heavy atom. The summed E-state index contributed by atoms with van der Waals surface area (Å²) in [7, 11) is 0. The number of Topliss-reactive ketones (excluding diaryl/α,β-unsaturated/α-hetero) is 1. The first-order valence-corrected chi connectivity index (χ1v) is 9.14. The fourth-order valence-electron chi connectivity index (χ4n) is 3.47. The summed E-state index contributed by atoms with van der Waals surface area (Å²) in [5.41, 5.74) is 3.17. The van der Waals surface area contributed by atoms with Crippen LogP contribution >= 0.6 is 0 Å². The summed E-state index contributed by atoms with van der Waals surface area (Å²) >= 11 is 0. The number of hydrogen-bond donors (Lipinski definition) is 0. The summed E-state index contributed by atoms with van der Waals surface area (Å²) < 4.78 is 5.53. The van der Waals surface area contributed by atoms with Crippen LogP contribution < -0.4 is 0 Å². The van der Waals surface area contributed by atoms with Crippen LogP contribution in [0.4, 0.5) is 4.79 Å². The molecule has 0 saturated carbocycles. The molecular formula is C22H25NO3. The molecule has 1 saturated heterocycles. The zero-order chi connectivity index (χ0) is 18.5. The van der Waals surface area contributed by atoms with Crippen molar-refractivity contribution in [2.45, 2.75) is 45.3 Å². The molecule has 0 radical (unpaired) electrons. The lowest BCUT2D eigenvalue weighted by Crippen LogP contribution is -2.42. The molecular weight excluding hydrogens is 326 g/mol. The van der Waals surface area contributed by atoms with E-state index in [1.165, 1.54) is 5.56 Å². The van der Waals surface area contributed by atoms with Crippen molar-refractivity contribution in [3.05, 3.63) is 71.3 Å². The van der Waals surface area contributed by atoms with Crippen LogP contribution in [0.2, 0.25) is 0 Å². The Morgan fingerprint density at radius 1 is 1.12 bits per heavy atom. The highest BCUT2D eigenvalue weighted by atomic mass is 16.6. The Bertz CT molecular complexity index is 770. The maximum absolute atomic E-state index is 12.7. The third-order valence-corrected chi connectivity index (χ3v) is 4.85. The Balaban J connectivity index is 1.80. The second-order valence-corrected chi connectivity index (χ2v) is 7.03. The van der Waals surface area contributed by atoms with Crippen molar-refractivity contribution in [1.29, 1.82) is 0 Å². The van der Waals surface area contributed by atoms with Crippen molar-refractivity contribution in [3.8, 4) is 0 Å². The van der Waals surface area contributed by atoms with Crippen molar-refractivity contribution < 1.29 is 14.3 Å². The molecule has 2 aromatic carbocycles. The summed E-state index contributed by atoms with van der Waals surface area (Å²) in [6.45, 7) is 4.90. The molecule has 1 atom stereocenters. The molecule has 1 heterocycles. The van der Waals surface area contributed by atoms with E-state index in [9.17, 15) is 9.59 Å². The maximum atomic E-state index is 12.7. The van der Waals surface area contributed by atoms with Crippen molar-refractivity contribution in [3.63, 3.8) is 0 Å². The third-order valence-electron chi connectivity index (χ3n) is 4.85. The van der Waals surface area contributed by atoms with Gasteiger partial charge in [-0.3, -0.25) is 4.79 Å². The molecule has 0 bridgehead atoms. The minimum absolute atomic E-state index is 0.195. The SMILES string of the molecule is CC(C)c1ccccc1C1CC(=O)CCN1C(=O)OCc1ccccc1. The number of amides is 1. The van der Waals surface area contributed by atoms with Crippen molar-refractivity contribution in [1.82, 2.24) is 4.90 Å². The number of benzene rings is 2. The van der Waals surface area contributed by atoms with Crippen LogP contribution in [0.25, 0.3) is 0 Å². The molecule has 4 nitrogen and oxygen atoms in total. The molecule has 1 amide bonds. The molecule has 0 spiro atoms. The largest absolute Gasteiger partial charge is 0.445 e. The minimum Gasteiger partial charge on any atom is -0.445 e. The lowest BCUT2D eigenvalue weighted by molar-refractivity contribution is -0.122. The number of piperidine rings is 1. The molecule has 136 valence electrons. The molecule has 1 aliphatic rings. The highest BCUT2D eigenvalue weighted by Crippen LogP contribution is 2.34. The quantitative estimate of drug-likeness (QED) is 0.791. The van der Waals surface area contributed by atoms with Crippen molar-refractivity contribution in [2.75, 3.05) is 6.54 Å². The Hall–Kier alpha value is -2.62. The summed E-state index contributed by atoms with van der Waals surface area (Å²) in [5.74, 6) is 0.520. The molecule has 3 rings (SSSR count). The van der Waals surface area contributed by atoms with Gasteiger partial charge in [0.15, 0.2) is 0 Å². The van der Waals surface area contributed by atoms with E-state index in [2.05, 4.69) is 19.9 Å². The predicted octanol–water partition coefficient (Wildman–Crippen LogP) is 4.85. The molecule has 1 aliphatic heterocycles. The van der Waals surface area contributed by atoms with Crippen LogP contribution in [0.3, 0.4) is 0 Å². The van der Waals surface area contributed by atoms with E-state index in [0.717, 1.165) is 11.1 Å². The van der Waals surface area contributed by atoms with Gasteiger partial charge < -0.3 is 9.64 Å². The van der Waals surface area contributed by atoms with E-state index in [-0.39, 0.29) is 24.5 Å². The first-order chi connectivity index (χ1) is 12.6. The van der Waals surface area contributed by atoms with Gasteiger partial charge in [0.25, 0.3) is 0 Å². The molecule has 0 N–H and O–H groups in total. The zero-order valence-electron chi connectivity index (χ0n) is 15.4. The molecule has 0 aromatic heterocycles. The summed E-state index contributed by atoms with van der Waals surface area (Å²) in [5, 5.41) is 0. The minimum atomic E-state index is -0.357. The second-order valence-electron chi connectivity index (χ2n) is 7.03. The number of likely N-dealkylation sites (tertiary alicyclic amines) is 1. The lowest BCUT2D eigenvalue weighted by Gasteiger charge is -2.36. The topological polar surface area (TPSA) is 46.6 Å². The fourth-order valence-corrected chi connectivity index (χ4v) is 3.47. The summed E-state index contributed by atoms with van der Waals surface area (Å²) in [6, 6.07) is 17.4. The Kier molecular flexibility index (Phi) is 5.71. The number of carbonyl (C=O) groups excluding carboxylic acids is 2. The number of hydrogen-bond acceptors (Lipinski definition) is 3. The summed E-state index contributed by atoms with van der Waals surface area (Å²) in [6.07, 6.45) is 0.384. The molecule has 2 aromatic rings. The Morgan fingerprint density at radius 2 is 1.81 bits per heavy atom. The Labute approximate surface area is 154 Å². The van der Waals surface area contributed by atoms with Gasteiger partial charge in [0, 0.05) is 19.4 Å². The number of ketones is 1. The van der Waals surface area contributed by atoms with Gasteiger partial charge in [0.1, 0.15) is 12.4 Å². The average Bonchev–Trinajstić information content (AvgIpc) is 2.67. The van der Waals surface area contributed by atoms with Gasteiger partial charge in [0.2, 0.25) is 0 Å². The first kappa shape index (κ1) is 18.2. The maximum Gasteiger partial charge on any atom is 0.410 e. The molecule has 4 heteroatoms. The van der Waals surface area contributed by atoms with Gasteiger partial charge in [-0.25, -0.2) is 4.79 Å². The molecule has 1 fully saturated rings. The van der Waals surface area contributed by atoms with E-state index in [4.69, 9.17) is 4.74 Å². The predicted molar refractivity (Wildman–Crippen MR) is 101 cm³/mol. The van der Waals surface area contributed by atoms with Crippen molar-refractivity contribution in [2.24, 2.45) is 0 Å². The zero-order valence-corrected chi connectivity index (χ0v) is 15.4. The number of nitrogens with zero attached hydrogens (tertiary/aromatic N) is 1. The van der Waals surface area contributed by atoms with Crippen LogP contribution in [0.1, 0.15) is 55.3 Å². The summed E-state index contributed by atoms with van der Waals surface area (Å²) in [4.78, 5) is 26.5. The van der Waals surface area contributed by atoms with Gasteiger partial charge in [0.05, 0.1) is 6.04 Å². The van der Waals surface area contributed by atoms with Crippen LogP contribution in [0, 0.1) is 0 Å². The normalized spacial score (nSPS) is 17.4. The van der Waals surface area contributed by atoms with Gasteiger partial charge in [-0.1, -0.05) is 68.4 Å². The molecule has 1 unspecified atom stereocenters. The third kappa shape index (κ3) is 4.13. The smallest absolute Gasteiger partial charge is 0.410 e. The van der Waals surface area contributed by atoms with E-state index in [1.807, 2.05) is 48.5 Å². The standard InChI is InChI=1S/C22H25NO3/c1-16(2)19-10-6-7-11-20(19)21-14-18(24)12-13-23(21)22(25)26-15-17-8-4-3-5-9-17/h3-11,16,21H,12-15H2,1-2H3. The fraction of sp³-hybridized carbons (Fsp3) is 0.364. The highest BCUT2D eigenvalue weighted by molar-refractivity contribution is 5.82. The number of ether oxygens (including phenoxy) is 1. The highest BCUT2D eigenvalue weighted by Gasteiger charge is 2.34. The monoisotopic (exact) mass is 351 g/mol. The van der Waals surface area contributed by atoms with Crippen LogP contribution in [0.5, 0.6) is 0 Å². The van der Waals surface area contributed by atoms with Crippen LogP contribution in [-0.2, 0) is 16.1 Å². The number of carbonyl (C=O) groups is 2. The van der Waals surface area contributed by atoms with Gasteiger partial charge in [-0.05, 0) is 22.6 Å². The first-order valence-electron chi connectivity index (χ1n) is 9.14. The van der Waals surface area contributed by atoms with E-state index < -0.39 is 0 Å². The molecule has 26 heavy (non-hydrogen) atoms. The van der Waals surface area contributed by atoms with E-state index in [0.29, 0.717) is 25.3 Å². The van der Waals surface area contributed by atoms with Crippen LogP contribution in [0.15, 0.2) is 54.6 Å².